The zero-order valence-corrected chi connectivity index (χ0v) is 16.3. The van der Waals surface area contributed by atoms with E-state index in [1.807, 2.05) is 45.0 Å². The van der Waals surface area contributed by atoms with Crippen LogP contribution in [0.3, 0.4) is 0 Å². The number of benzene rings is 1. The number of carbonyl (C=O) groups is 2. The van der Waals surface area contributed by atoms with Gasteiger partial charge in [-0.2, -0.15) is 0 Å². The van der Waals surface area contributed by atoms with E-state index in [1.165, 1.54) is 5.56 Å². The minimum absolute atomic E-state index is 0.0179. The van der Waals surface area contributed by atoms with Crippen molar-refractivity contribution in [2.24, 2.45) is 0 Å². The van der Waals surface area contributed by atoms with Gasteiger partial charge in [0.05, 0.1) is 0 Å². The van der Waals surface area contributed by atoms with Gasteiger partial charge in [-0.3, -0.25) is 4.79 Å². The SMILES string of the molecule is CC(C)(C)OC(=O)N1CCN(C(=O)c2ccc(C(C)(C)C)cc2)CC1. The van der Waals surface area contributed by atoms with Crippen LogP contribution < -0.4 is 0 Å². The van der Waals surface area contributed by atoms with Gasteiger partial charge in [-0.1, -0.05) is 32.9 Å². The second-order valence-electron chi connectivity index (χ2n) is 8.59. The van der Waals surface area contributed by atoms with E-state index in [0.29, 0.717) is 31.7 Å². The van der Waals surface area contributed by atoms with Gasteiger partial charge in [0.15, 0.2) is 0 Å². The molecule has 0 aromatic heterocycles. The van der Waals surface area contributed by atoms with Gasteiger partial charge < -0.3 is 14.5 Å². The molecule has 1 saturated heterocycles. The molecule has 0 radical (unpaired) electrons. The largest absolute Gasteiger partial charge is 0.444 e. The quantitative estimate of drug-likeness (QED) is 0.779. The van der Waals surface area contributed by atoms with Crippen LogP contribution in [-0.4, -0.2) is 53.6 Å². The molecule has 1 aliphatic rings. The normalized spacial score (nSPS) is 15.9. The van der Waals surface area contributed by atoms with Gasteiger partial charge in [0, 0.05) is 31.7 Å². The maximum Gasteiger partial charge on any atom is 0.410 e. The van der Waals surface area contributed by atoms with E-state index in [9.17, 15) is 9.59 Å². The highest BCUT2D eigenvalue weighted by molar-refractivity contribution is 5.94. The molecule has 0 N–H and O–H groups in total. The first kappa shape index (κ1) is 19.3. The molecule has 0 spiro atoms. The molecule has 0 unspecified atom stereocenters. The lowest BCUT2D eigenvalue weighted by Crippen LogP contribution is -2.51. The summed E-state index contributed by atoms with van der Waals surface area (Å²) in [5.74, 6) is 0.0179. The molecule has 5 nitrogen and oxygen atoms in total. The number of amides is 2. The number of piperazine rings is 1. The zero-order chi connectivity index (χ0) is 18.8. The Kier molecular flexibility index (Phi) is 5.45. The average molecular weight is 346 g/mol. The minimum Gasteiger partial charge on any atom is -0.444 e. The van der Waals surface area contributed by atoms with Gasteiger partial charge in [-0.05, 0) is 43.9 Å². The van der Waals surface area contributed by atoms with Crippen molar-refractivity contribution < 1.29 is 14.3 Å². The predicted molar refractivity (Wildman–Crippen MR) is 98.9 cm³/mol. The Hall–Kier alpha value is -2.04. The monoisotopic (exact) mass is 346 g/mol. The summed E-state index contributed by atoms with van der Waals surface area (Å²) in [6, 6.07) is 7.82. The Morgan fingerprint density at radius 3 is 1.76 bits per heavy atom. The number of carbonyl (C=O) groups excluding carboxylic acids is 2. The second-order valence-corrected chi connectivity index (χ2v) is 8.59. The molecule has 2 amide bonds. The van der Waals surface area contributed by atoms with Crippen LogP contribution in [0.2, 0.25) is 0 Å². The van der Waals surface area contributed by atoms with Crippen molar-refractivity contribution in [1.82, 2.24) is 9.80 Å². The molecule has 0 saturated carbocycles. The number of hydrogen-bond acceptors (Lipinski definition) is 3. The number of hydrogen-bond donors (Lipinski definition) is 0. The van der Waals surface area contributed by atoms with E-state index in [0.717, 1.165) is 0 Å². The Labute approximate surface area is 150 Å². The summed E-state index contributed by atoms with van der Waals surface area (Å²) in [5, 5.41) is 0. The molecule has 25 heavy (non-hydrogen) atoms. The number of ether oxygens (including phenoxy) is 1. The minimum atomic E-state index is -0.501. The molecule has 138 valence electrons. The van der Waals surface area contributed by atoms with Crippen LogP contribution in [0.1, 0.15) is 57.5 Å². The third kappa shape index (κ3) is 5.21. The van der Waals surface area contributed by atoms with Crippen molar-refractivity contribution in [1.29, 1.82) is 0 Å². The first-order chi connectivity index (χ1) is 11.5. The summed E-state index contributed by atoms with van der Waals surface area (Å²) in [7, 11) is 0. The third-order valence-corrected chi connectivity index (χ3v) is 4.22. The van der Waals surface area contributed by atoms with Crippen LogP contribution in [-0.2, 0) is 10.2 Å². The molecule has 1 fully saturated rings. The summed E-state index contributed by atoms with van der Waals surface area (Å²) in [5.41, 5.74) is 1.47. The summed E-state index contributed by atoms with van der Waals surface area (Å²) < 4.78 is 5.39. The maximum atomic E-state index is 12.7. The van der Waals surface area contributed by atoms with Crippen molar-refractivity contribution in [3.8, 4) is 0 Å². The van der Waals surface area contributed by atoms with E-state index in [4.69, 9.17) is 4.74 Å². The Balaban J connectivity index is 1.94. The summed E-state index contributed by atoms with van der Waals surface area (Å²) in [6.07, 6.45) is -0.311. The van der Waals surface area contributed by atoms with Crippen LogP contribution in [0.4, 0.5) is 4.79 Å². The molecule has 1 aromatic rings. The van der Waals surface area contributed by atoms with Crippen LogP contribution in [0.25, 0.3) is 0 Å². The second kappa shape index (κ2) is 7.06. The van der Waals surface area contributed by atoms with E-state index < -0.39 is 5.60 Å². The van der Waals surface area contributed by atoms with Crippen LogP contribution >= 0.6 is 0 Å². The van der Waals surface area contributed by atoms with Gasteiger partial charge in [0.1, 0.15) is 5.60 Å². The van der Waals surface area contributed by atoms with E-state index in [2.05, 4.69) is 20.8 Å². The Morgan fingerprint density at radius 2 is 1.32 bits per heavy atom. The molecule has 1 heterocycles. The highest BCUT2D eigenvalue weighted by Gasteiger charge is 2.28. The van der Waals surface area contributed by atoms with E-state index in [1.54, 1.807) is 9.80 Å². The van der Waals surface area contributed by atoms with Crippen LogP contribution in [0.5, 0.6) is 0 Å². The number of nitrogens with zero attached hydrogens (tertiary/aromatic N) is 2. The lowest BCUT2D eigenvalue weighted by Gasteiger charge is -2.35. The third-order valence-electron chi connectivity index (χ3n) is 4.22. The number of rotatable bonds is 1. The van der Waals surface area contributed by atoms with Gasteiger partial charge in [-0.25, -0.2) is 4.79 Å². The van der Waals surface area contributed by atoms with Gasteiger partial charge in [-0.15, -0.1) is 0 Å². The van der Waals surface area contributed by atoms with E-state index in [-0.39, 0.29) is 17.4 Å². The van der Waals surface area contributed by atoms with Crippen molar-refractivity contribution in [3.05, 3.63) is 35.4 Å². The first-order valence-corrected chi connectivity index (χ1v) is 8.85. The fourth-order valence-corrected chi connectivity index (χ4v) is 2.71. The van der Waals surface area contributed by atoms with E-state index >= 15 is 0 Å². The summed E-state index contributed by atoms with van der Waals surface area (Å²) in [4.78, 5) is 28.2. The topological polar surface area (TPSA) is 49.9 Å². The Bertz CT molecular complexity index is 616. The Morgan fingerprint density at radius 1 is 0.840 bits per heavy atom. The first-order valence-electron chi connectivity index (χ1n) is 8.85. The molecule has 0 atom stereocenters. The van der Waals surface area contributed by atoms with Crippen molar-refractivity contribution in [3.63, 3.8) is 0 Å². The molecule has 0 bridgehead atoms. The van der Waals surface area contributed by atoms with Crippen LogP contribution in [0.15, 0.2) is 24.3 Å². The lowest BCUT2D eigenvalue weighted by atomic mass is 9.86. The molecule has 2 rings (SSSR count). The summed E-state index contributed by atoms with van der Waals surface area (Å²) in [6.45, 7) is 14.1. The zero-order valence-electron chi connectivity index (χ0n) is 16.3. The van der Waals surface area contributed by atoms with Gasteiger partial charge >= 0.3 is 6.09 Å². The predicted octanol–water partition coefficient (Wildman–Crippen LogP) is 3.68. The fourth-order valence-electron chi connectivity index (χ4n) is 2.71. The standard InChI is InChI=1S/C20H30N2O3/c1-19(2,3)16-9-7-15(8-10-16)17(23)21-11-13-22(14-12-21)18(24)25-20(4,5)6/h7-10H,11-14H2,1-6H3. The molecular weight excluding hydrogens is 316 g/mol. The van der Waals surface area contributed by atoms with Crippen molar-refractivity contribution in [2.45, 2.75) is 52.6 Å². The van der Waals surface area contributed by atoms with Gasteiger partial charge in [0.25, 0.3) is 5.91 Å². The fraction of sp³-hybridized carbons (Fsp3) is 0.600. The maximum absolute atomic E-state index is 12.7. The molecule has 0 aliphatic carbocycles. The average Bonchev–Trinajstić information content (AvgIpc) is 2.52. The van der Waals surface area contributed by atoms with Gasteiger partial charge in [0.2, 0.25) is 0 Å². The van der Waals surface area contributed by atoms with Crippen molar-refractivity contribution >= 4 is 12.0 Å². The smallest absolute Gasteiger partial charge is 0.410 e. The molecule has 1 aromatic carbocycles. The van der Waals surface area contributed by atoms with Crippen LogP contribution in [0, 0.1) is 0 Å². The highest BCUT2D eigenvalue weighted by atomic mass is 16.6. The lowest BCUT2D eigenvalue weighted by molar-refractivity contribution is 0.0141. The molecule has 1 aliphatic heterocycles. The van der Waals surface area contributed by atoms with Crippen molar-refractivity contribution in [2.75, 3.05) is 26.2 Å². The highest BCUT2D eigenvalue weighted by Crippen LogP contribution is 2.22. The molecule has 5 heteroatoms. The summed E-state index contributed by atoms with van der Waals surface area (Å²) >= 11 is 0. The molecular formula is C20H30N2O3.